The first-order chi connectivity index (χ1) is 14.6. The van der Waals surface area contributed by atoms with Gasteiger partial charge in [0.1, 0.15) is 6.61 Å². The molecule has 0 radical (unpaired) electrons. The maximum absolute atomic E-state index is 12.8. The SMILES string of the molecule is O=C(O)C1CN(C(=O)OCC2c3ccccc3-c3ccccc32)CC1c1cncs1. The molecular formula is C23H20N2O4S. The van der Waals surface area contributed by atoms with E-state index in [-0.39, 0.29) is 25.0 Å². The number of nitrogens with zero attached hydrogens (tertiary/aromatic N) is 2. The van der Waals surface area contributed by atoms with E-state index in [0.29, 0.717) is 6.54 Å². The molecule has 7 heteroatoms. The number of thiazole rings is 1. The van der Waals surface area contributed by atoms with E-state index in [1.807, 2.05) is 24.3 Å². The van der Waals surface area contributed by atoms with E-state index in [4.69, 9.17) is 4.74 Å². The van der Waals surface area contributed by atoms with E-state index in [9.17, 15) is 14.7 Å². The van der Waals surface area contributed by atoms with E-state index >= 15 is 0 Å². The van der Waals surface area contributed by atoms with Crippen molar-refractivity contribution in [3.8, 4) is 11.1 Å². The molecule has 2 unspecified atom stereocenters. The number of carbonyl (C=O) groups excluding carboxylic acids is 1. The molecule has 0 saturated carbocycles. The Morgan fingerprint density at radius 2 is 1.73 bits per heavy atom. The predicted molar refractivity (Wildman–Crippen MR) is 113 cm³/mol. The summed E-state index contributed by atoms with van der Waals surface area (Å²) in [6.45, 7) is 0.705. The number of hydrogen-bond acceptors (Lipinski definition) is 5. The van der Waals surface area contributed by atoms with Gasteiger partial charge in [0.2, 0.25) is 0 Å². The highest BCUT2D eigenvalue weighted by Gasteiger charge is 2.42. The van der Waals surface area contributed by atoms with Crippen LogP contribution in [0.1, 0.15) is 27.8 Å². The number of benzene rings is 2. The molecule has 2 atom stereocenters. The molecule has 0 spiro atoms. The highest BCUT2D eigenvalue weighted by molar-refractivity contribution is 7.09. The zero-order valence-corrected chi connectivity index (χ0v) is 16.9. The van der Waals surface area contributed by atoms with Crippen molar-refractivity contribution in [2.45, 2.75) is 11.8 Å². The summed E-state index contributed by atoms with van der Waals surface area (Å²) >= 11 is 1.42. The van der Waals surface area contributed by atoms with Crippen LogP contribution in [0.4, 0.5) is 4.79 Å². The van der Waals surface area contributed by atoms with E-state index < -0.39 is 18.0 Å². The highest BCUT2D eigenvalue weighted by Crippen LogP contribution is 2.44. The standard InChI is InChI=1S/C23H20N2O4S/c26-22(27)19-11-25(10-18(19)21-9-24-13-30-21)23(28)29-12-20-16-7-3-1-5-14(16)15-6-2-4-8-17(15)20/h1-9,13,18-20H,10-12H2,(H,26,27). The van der Waals surface area contributed by atoms with E-state index in [1.165, 1.54) is 27.4 Å². The lowest BCUT2D eigenvalue weighted by Gasteiger charge is -2.19. The summed E-state index contributed by atoms with van der Waals surface area (Å²) in [5, 5.41) is 9.61. The Labute approximate surface area is 177 Å². The Kier molecular flexibility index (Phi) is 4.75. The minimum absolute atomic E-state index is 0.0171. The van der Waals surface area contributed by atoms with Crippen molar-refractivity contribution >= 4 is 23.4 Å². The molecule has 1 amide bonds. The van der Waals surface area contributed by atoms with Gasteiger partial charge in [0.05, 0.1) is 11.4 Å². The van der Waals surface area contributed by atoms with Gasteiger partial charge in [-0.3, -0.25) is 9.78 Å². The molecule has 1 aromatic heterocycles. The summed E-state index contributed by atoms with van der Waals surface area (Å²) < 4.78 is 5.70. The van der Waals surface area contributed by atoms with Crippen LogP contribution < -0.4 is 0 Å². The van der Waals surface area contributed by atoms with Gasteiger partial charge in [-0.1, -0.05) is 48.5 Å². The molecule has 1 saturated heterocycles. The van der Waals surface area contributed by atoms with Crippen molar-refractivity contribution in [3.63, 3.8) is 0 Å². The Morgan fingerprint density at radius 3 is 2.33 bits per heavy atom. The third-order valence-corrected chi connectivity index (χ3v) is 6.96. The third-order valence-electron chi connectivity index (χ3n) is 6.05. The molecule has 1 fully saturated rings. The smallest absolute Gasteiger partial charge is 0.409 e. The number of ether oxygens (including phenoxy) is 1. The molecule has 5 rings (SSSR count). The van der Waals surface area contributed by atoms with E-state index in [1.54, 1.807) is 11.7 Å². The number of rotatable bonds is 4. The minimum Gasteiger partial charge on any atom is -0.481 e. The highest BCUT2D eigenvalue weighted by atomic mass is 32.1. The normalized spacial score (nSPS) is 20.1. The number of carboxylic acid groups (broad SMARTS) is 1. The van der Waals surface area contributed by atoms with E-state index in [0.717, 1.165) is 16.0 Å². The lowest BCUT2D eigenvalue weighted by molar-refractivity contribution is -0.141. The van der Waals surface area contributed by atoms with Crippen molar-refractivity contribution in [3.05, 3.63) is 76.2 Å². The molecule has 1 aliphatic heterocycles. The van der Waals surface area contributed by atoms with Gasteiger partial charge in [-0.2, -0.15) is 0 Å². The van der Waals surface area contributed by atoms with Crippen LogP contribution in [0.5, 0.6) is 0 Å². The molecule has 1 aliphatic carbocycles. The summed E-state index contributed by atoms with van der Waals surface area (Å²) in [5.74, 6) is -1.82. The molecular weight excluding hydrogens is 400 g/mol. The number of aromatic nitrogens is 1. The Balaban J connectivity index is 1.32. The summed E-state index contributed by atoms with van der Waals surface area (Å²) in [5.41, 5.74) is 6.33. The first-order valence-corrected chi connectivity index (χ1v) is 10.7. The average Bonchev–Trinajstić information content (AvgIpc) is 3.49. The molecule has 152 valence electrons. The third kappa shape index (κ3) is 3.15. The van der Waals surface area contributed by atoms with Crippen LogP contribution in [0.3, 0.4) is 0 Å². The molecule has 3 aromatic rings. The van der Waals surface area contributed by atoms with Crippen LogP contribution in [0.2, 0.25) is 0 Å². The monoisotopic (exact) mass is 420 g/mol. The first kappa shape index (κ1) is 18.8. The predicted octanol–water partition coefficient (Wildman–Crippen LogP) is 4.19. The zero-order chi connectivity index (χ0) is 20.7. The van der Waals surface area contributed by atoms with Crippen LogP contribution >= 0.6 is 11.3 Å². The van der Waals surface area contributed by atoms with Gasteiger partial charge in [0.15, 0.2) is 0 Å². The molecule has 2 aromatic carbocycles. The molecule has 0 bridgehead atoms. The average molecular weight is 420 g/mol. The quantitative estimate of drug-likeness (QED) is 0.685. The maximum Gasteiger partial charge on any atom is 0.409 e. The molecule has 6 nitrogen and oxygen atoms in total. The van der Waals surface area contributed by atoms with Crippen molar-refractivity contribution in [2.24, 2.45) is 5.92 Å². The van der Waals surface area contributed by atoms with Crippen molar-refractivity contribution in [2.75, 3.05) is 19.7 Å². The van der Waals surface area contributed by atoms with Crippen molar-refractivity contribution < 1.29 is 19.4 Å². The molecule has 2 heterocycles. The van der Waals surface area contributed by atoms with E-state index in [2.05, 4.69) is 29.2 Å². The number of carbonyl (C=O) groups is 2. The second-order valence-corrected chi connectivity index (χ2v) is 8.58. The van der Waals surface area contributed by atoms with Crippen LogP contribution in [-0.4, -0.2) is 46.7 Å². The number of amides is 1. The Morgan fingerprint density at radius 1 is 1.07 bits per heavy atom. The topological polar surface area (TPSA) is 79.7 Å². The van der Waals surface area contributed by atoms with Gasteiger partial charge in [-0.15, -0.1) is 11.3 Å². The number of aliphatic carboxylic acids is 1. The van der Waals surface area contributed by atoms with Crippen LogP contribution in [0.15, 0.2) is 60.2 Å². The first-order valence-electron chi connectivity index (χ1n) is 9.84. The Hall–Kier alpha value is -3.19. The van der Waals surface area contributed by atoms with Gasteiger partial charge in [0.25, 0.3) is 0 Å². The van der Waals surface area contributed by atoms with Crippen molar-refractivity contribution in [1.82, 2.24) is 9.88 Å². The Bertz CT molecular complexity index is 1050. The number of fused-ring (bicyclic) bond motifs is 3. The fraction of sp³-hybridized carbons (Fsp3) is 0.261. The van der Waals surface area contributed by atoms with Crippen LogP contribution in [0.25, 0.3) is 11.1 Å². The summed E-state index contributed by atoms with van der Waals surface area (Å²) in [6, 6.07) is 16.4. The summed E-state index contributed by atoms with van der Waals surface area (Å²) in [4.78, 5) is 31.0. The van der Waals surface area contributed by atoms with Gasteiger partial charge >= 0.3 is 12.1 Å². The maximum atomic E-state index is 12.8. The fourth-order valence-corrected chi connectivity index (χ4v) is 5.36. The second kappa shape index (κ2) is 7.57. The lowest BCUT2D eigenvalue weighted by Crippen LogP contribution is -2.31. The number of carboxylic acids is 1. The lowest BCUT2D eigenvalue weighted by atomic mass is 9.95. The minimum atomic E-state index is -0.901. The largest absolute Gasteiger partial charge is 0.481 e. The summed E-state index contributed by atoms with van der Waals surface area (Å²) in [7, 11) is 0. The number of hydrogen-bond donors (Lipinski definition) is 1. The van der Waals surface area contributed by atoms with Crippen molar-refractivity contribution in [1.29, 1.82) is 0 Å². The second-order valence-electron chi connectivity index (χ2n) is 7.66. The zero-order valence-electron chi connectivity index (χ0n) is 16.1. The van der Waals surface area contributed by atoms with Crippen LogP contribution in [-0.2, 0) is 9.53 Å². The molecule has 30 heavy (non-hydrogen) atoms. The van der Waals surface area contributed by atoms with Gasteiger partial charge in [0, 0.05) is 36.0 Å². The van der Waals surface area contributed by atoms with Gasteiger partial charge < -0.3 is 14.7 Å². The van der Waals surface area contributed by atoms with Gasteiger partial charge in [-0.25, -0.2) is 4.79 Å². The number of likely N-dealkylation sites (tertiary alicyclic amines) is 1. The van der Waals surface area contributed by atoms with Gasteiger partial charge in [-0.05, 0) is 22.3 Å². The fourth-order valence-electron chi connectivity index (χ4n) is 4.59. The summed E-state index contributed by atoms with van der Waals surface area (Å²) in [6.07, 6.45) is 1.22. The van der Waals surface area contributed by atoms with Crippen LogP contribution in [0, 0.1) is 5.92 Å². The molecule has 1 N–H and O–H groups in total. The molecule has 2 aliphatic rings.